The number of furan rings is 1. The molecular weight excluding hydrogens is 427 g/mol. The average Bonchev–Trinajstić information content (AvgIpc) is 2.97. The Bertz CT molecular complexity index is 1000. The van der Waals surface area contributed by atoms with Gasteiger partial charge < -0.3 is 24.5 Å². The SMILES string of the molecule is C[C@@]1(O)CCOC(C(F)(F)CN2CCNC(=O)c3oc4ccc(C(F)(F)F)cc4c32)C1. The molecular formula is C20H21F5N2O4. The summed E-state index contributed by atoms with van der Waals surface area (Å²) in [5, 5.41) is 12.6. The summed E-state index contributed by atoms with van der Waals surface area (Å²) in [5.74, 6) is -4.46. The second-order valence-corrected chi connectivity index (χ2v) is 8.24. The molecule has 0 bridgehead atoms. The van der Waals surface area contributed by atoms with Crippen LogP contribution in [0.15, 0.2) is 22.6 Å². The van der Waals surface area contributed by atoms with Crippen molar-refractivity contribution in [2.75, 3.05) is 31.1 Å². The van der Waals surface area contributed by atoms with Crippen molar-refractivity contribution in [3.63, 3.8) is 0 Å². The molecule has 11 heteroatoms. The number of halogens is 5. The van der Waals surface area contributed by atoms with E-state index in [4.69, 9.17) is 9.15 Å². The molecule has 4 rings (SSSR count). The molecule has 1 fully saturated rings. The summed E-state index contributed by atoms with van der Waals surface area (Å²) in [6.07, 6.45) is -6.29. The molecule has 2 aromatic rings. The minimum absolute atomic E-state index is 0.00279. The first-order valence-corrected chi connectivity index (χ1v) is 9.76. The second kappa shape index (κ2) is 7.33. The molecule has 6 nitrogen and oxygen atoms in total. The van der Waals surface area contributed by atoms with E-state index in [1.165, 1.54) is 6.92 Å². The molecule has 0 aliphatic carbocycles. The number of nitrogens with zero attached hydrogens (tertiary/aromatic N) is 1. The molecule has 31 heavy (non-hydrogen) atoms. The van der Waals surface area contributed by atoms with Gasteiger partial charge >= 0.3 is 6.18 Å². The highest BCUT2D eigenvalue weighted by Gasteiger charge is 2.48. The zero-order chi connectivity index (χ0) is 22.6. The largest absolute Gasteiger partial charge is 0.449 e. The van der Waals surface area contributed by atoms with Crippen molar-refractivity contribution in [3.8, 4) is 0 Å². The Morgan fingerprint density at radius 2 is 2.03 bits per heavy atom. The van der Waals surface area contributed by atoms with E-state index in [2.05, 4.69) is 5.32 Å². The van der Waals surface area contributed by atoms with Crippen LogP contribution in [-0.2, 0) is 10.9 Å². The number of fused-ring (bicyclic) bond motifs is 3. The molecule has 1 unspecified atom stereocenters. The summed E-state index contributed by atoms with van der Waals surface area (Å²) < 4.78 is 80.6. The number of hydrogen-bond donors (Lipinski definition) is 2. The van der Waals surface area contributed by atoms with Gasteiger partial charge in [0.25, 0.3) is 11.8 Å². The van der Waals surface area contributed by atoms with Crippen molar-refractivity contribution >= 4 is 22.6 Å². The van der Waals surface area contributed by atoms with E-state index >= 15 is 8.78 Å². The maximum absolute atomic E-state index is 15.1. The zero-order valence-electron chi connectivity index (χ0n) is 16.6. The molecule has 1 aromatic heterocycles. The standard InChI is InChI=1S/C20H21F5N2O4/c1-18(29)4-7-30-14(9-18)19(21,22)10-27-6-5-26-17(28)16-15(27)12-8-11(20(23,24)25)2-3-13(12)31-16/h2-3,8,14,29H,4-7,9-10H2,1H3,(H,26,28)/t14?,18-/m1/s1. The fraction of sp³-hybridized carbons (Fsp3) is 0.550. The monoisotopic (exact) mass is 448 g/mol. The summed E-state index contributed by atoms with van der Waals surface area (Å²) in [6.45, 7) is 0.432. The predicted molar refractivity (Wildman–Crippen MR) is 100 cm³/mol. The maximum Gasteiger partial charge on any atom is 0.416 e. The molecule has 1 aromatic carbocycles. The van der Waals surface area contributed by atoms with E-state index in [0.717, 1.165) is 23.1 Å². The molecule has 0 saturated carbocycles. The molecule has 170 valence electrons. The number of carbonyl (C=O) groups is 1. The highest BCUT2D eigenvalue weighted by Crippen LogP contribution is 2.41. The topological polar surface area (TPSA) is 74.9 Å². The molecule has 2 N–H and O–H groups in total. The molecule has 2 atom stereocenters. The lowest BCUT2D eigenvalue weighted by Crippen LogP contribution is -2.52. The molecule has 0 spiro atoms. The van der Waals surface area contributed by atoms with Gasteiger partial charge in [-0.15, -0.1) is 0 Å². The third-order valence-electron chi connectivity index (χ3n) is 5.64. The Morgan fingerprint density at radius 1 is 1.29 bits per heavy atom. The summed E-state index contributed by atoms with van der Waals surface area (Å²) in [6, 6.07) is 2.67. The van der Waals surface area contributed by atoms with Crippen molar-refractivity contribution in [3.05, 3.63) is 29.5 Å². The normalized spacial score (nSPS) is 25.3. The van der Waals surface area contributed by atoms with Crippen molar-refractivity contribution in [2.24, 2.45) is 0 Å². The number of rotatable bonds is 3. The first kappa shape index (κ1) is 21.8. The number of alkyl halides is 5. The minimum atomic E-state index is -4.65. The van der Waals surface area contributed by atoms with E-state index in [-0.39, 0.29) is 55.0 Å². The predicted octanol–water partition coefficient (Wildman–Crippen LogP) is 3.57. The molecule has 3 heterocycles. The molecule has 2 aliphatic heterocycles. The van der Waals surface area contributed by atoms with E-state index in [9.17, 15) is 23.1 Å². The number of benzene rings is 1. The van der Waals surface area contributed by atoms with Gasteiger partial charge in [0.05, 0.1) is 23.4 Å². The highest BCUT2D eigenvalue weighted by atomic mass is 19.4. The van der Waals surface area contributed by atoms with Gasteiger partial charge in [-0.1, -0.05) is 0 Å². The lowest BCUT2D eigenvalue weighted by atomic mass is 9.89. The van der Waals surface area contributed by atoms with Crippen LogP contribution in [0.1, 0.15) is 35.9 Å². The van der Waals surface area contributed by atoms with Crippen LogP contribution in [0.25, 0.3) is 11.0 Å². The molecule has 0 radical (unpaired) electrons. The van der Waals surface area contributed by atoms with Crippen LogP contribution in [-0.4, -0.2) is 54.9 Å². The van der Waals surface area contributed by atoms with Gasteiger partial charge in [0.2, 0.25) is 5.76 Å². The van der Waals surface area contributed by atoms with Crippen LogP contribution in [0, 0.1) is 0 Å². The quantitative estimate of drug-likeness (QED) is 0.703. The van der Waals surface area contributed by atoms with Gasteiger partial charge in [0.1, 0.15) is 11.7 Å². The van der Waals surface area contributed by atoms with Crippen molar-refractivity contribution in [1.82, 2.24) is 5.32 Å². The summed E-state index contributed by atoms with van der Waals surface area (Å²) in [5.41, 5.74) is -2.41. The van der Waals surface area contributed by atoms with Crippen LogP contribution < -0.4 is 10.2 Å². The van der Waals surface area contributed by atoms with Crippen LogP contribution in [0.3, 0.4) is 0 Å². The van der Waals surface area contributed by atoms with E-state index in [1.54, 1.807) is 0 Å². The van der Waals surface area contributed by atoms with Gasteiger partial charge in [0, 0.05) is 31.5 Å². The average molecular weight is 448 g/mol. The number of nitrogens with one attached hydrogen (secondary N) is 1. The van der Waals surface area contributed by atoms with Crippen LogP contribution in [0.2, 0.25) is 0 Å². The zero-order valence-corrected chi connectivity index (χ0v) is 16.6. The Labute approximate surface area is 173 Å². The van der Waals surface area contributed by atoms with E-state index in [0.29, 0.717) is 0 Å². The maximum atomic E-state index is 15.1. The number of amides is 1. The summed E-state index contributed by atoms with van der Waals surface area (Å²) in [4.78, 5) is 13.5. The number of ether oxygens (including phenoxy) is 1. The van der Waals surface area contributed by atoms with Crippen molar-refractivity contribution in [1.29, 1.82) is 0 Å². The second-order valence-electron chi connectivity index (χ2n) is 8.24. The Hall–Kier alpha value is -2.40. The summed E-state index contributed by atoms with van der Waals surface area (Å²) in [7, 11) is 0. The van der Waals surface area contributed by atoms with Gasteiger partial charge in [0.15, 0.2) is 0 Å². The lowest BCUT2D eigenvalue weighted by molar-refractivity contribution is -0.186. The number of hydrogen-bond acceptors (Lipinski definition) is 5. The number of aliphatic hydroxyl groups is 1. The molecule has 1 saturated heterocycles. The van der Waals surface area contributed by atoms with Crippen LogP contribution >= 0.6 is 0 Å². The third-order valence-corrected chi connectivity index (χ3v) is 5.64. The van der Waals surface area contributed by atoms with E-state index in [1.807, 2.05) is 0 Å². The van der Waals surface area contributed by atoms with Crippen molar-refractivity contribution in [2.45, 2.75) is 43.6 Å². The first-order chi connectivity index (χ1) is 14.4. The lowest BCUT2D eigenvalue weighted by Gasteiger charge is -2.39. The Kier molecular flexibility index (Phi) is 5.16. The third kappa shape index (κ3) is 4.20. The van der Waals surface area contributed by atoms with Crippen LogP contribution in [0.5, 0.6) is 0 Å². The fourth-order valence-corrected chi connectivity index (χ4v) is 3.99. The van der Waals surface area contributed by atoms with E-state index < -0.39 is 41.8 Å². The Morgan fingerprint density at radius 3 is 2.71 bits per heavy atom. The highest BCUT2D eigenvalue weighted by molar-refractivity contribution is 6.07. The Balaban J connectivity index is 1.74. The smallest absolute Gasteiger partial charge is 0.416 e. The van der Waals surface area contributed by atoms with Crippen LogP contribution in [0.4, 0.5) is 27.6 Å². The first-order valence-electron chi connectivity index (χ1n) is 9.76. The van der Waals surface area contributed by atoms with Gasteiger partial charge in [-0.3, -0.25) is 4.79 Å². The van der Waals surface area contributed by atoms with Gasteiger partial charge in [-0.2, -0.15) is 13.2 Å². The molecule has 1 amide bonds. The number of carbonyl (C=O) groups excluding carboxylic acids is 1. The van der Waals surface area contributed by atoms with Gasteiger partial charge in [-0.25, -0.2) is 8.78 Å². The van der Waals surface area contributed by atoms with Crippen molar-refractivity contribution < 1.29 is 41.0 Å². The summed E-state index contributed by atoms with van der Waals surface area (Å²) >= 11 is 0. The number of anilines is 1. The molecule has 2 aliphatic rings. The fourth-order valence-electron chi connectivity index (χ4n) is 3.99. The van der Waals surface area contributed by atoms with Gasteiger partial charge in [-0.05, 0) is 31.5 Å². The minimum Gasteiger partial charge on any atom is -0.449 e.